The number of rotatable bonds is 6. The molecule has 1 aromatic carbocycles. The van der Waals surface area contributed by atoms with Crippen LogP contribution in [0, 0.1) is 0 Å². The molecule has 0 saturated carbocycles. The van der Waals surface area contributed by atoms with Crippen molar-refractivity contribution in [3.8, 4) is 11.3 Å². The standard InChI is InChI=1S/C26H26N6/c1-2-10-22(11-3-1)29-25-16-23(21-9-7-14-28-18-21)30-26(31-25)24-12-4-5-15-32(24)19-20-8-6-13-27-17-20/h1-3,6-11,13-14,16-18,24H,4-5,12,15,19H2,(H,29,30,31). The number of pyridine rings is 2. The second-order valence-electron chi connectivity index (χ2n) is 8.07. The molecule has 5 rings (SSSR count). The quantitative estimate of drug-likeness (QED) is 0.448. The van der Waals surface area contributed by atoms with Crippen molar-refractivity contribution < 1.29 is 0 Å². The van der Waals surface area contributed by atoms with Crippen LogP contribution in [-0.2, 0) is 6.54 Å². The molecule has 0 amide bonds. The van der Waals surface area contributed by atoms with E-state index in [0.29, 0.717) is 0 Å². The van der Waals surface area contributed by atoms with Crippen LogP contribution in [-0.4, -0.2) is 31.4 Å². The van der Waals surface area contributed by atoms with E-state index in [4.69, 9.17) is 9.97 Å². The molecule has 0 aliphatic carbocycles. The van der Waals surface area contributed by atoms with Gasteiger partial charge in [0.25, 0.3) is 0 Å². The van der Waals surface area contributed by atoms with Gasteiger partial charge < -0.3 is 5.32 Å². The molecule has 1 atom stereocenters. The number of anilines is 2. The smallest absolute Gasteiger partial charge is 0.148 e. The molecule has 160 valence electrons. The monoisotopic (exact) mass is 422 g/mol. The molecule has 0 spiro atoms. The van der Waals surface area contributed by atoms with Crippen molar-refractivity contribution in [3.63, 3.8) is 0 Å². The van der Waals surface area contributed by atoms with Gasteiger partial charge in [-0.15, -0.1) is 0 Å². The van der Waals surface area contributed by atoms with Gasteiger partial charge >= 0.3 is 0 Å². The van der Waals surface area contributed by atoms with Crippen LogP contribution >= 0.6 is 0 Å². The Labute approximate surface area is 188 Å². The van der Waals surface area contributed by atoms with Crippen LogP contribution in [0.15, 0.2) is 85.5 Å². The summed E-state index contributed by atoms with van der Waals surface area (Å²) in [4.78, 5) is 21.0. The maximum Gasteiger partial charge on any atom is 0.148 e. The van der Waals surface area contributed by atoms with E-state index in [2.05, 4.69) is 26.3 Å². The highest BCUT2D eigenvalue weighted by molar-refractivity contribution is 5.65. The lowest BCUT2D eigenvalue weighted by molar-refractivity contribution is 0.134. The summed E-state index contributed by atoms with van der Waals surface area (Å²) in [5.41, 5.74) is 4.09. The first-order valence-corrected chi connectivity index (χ1v) is 11.1. The fourth-order valence-electron chi connectivity index (χ4n) is 4.21. The fraction of sp³-hybridized carbons (Fsp3) is 0.231. The van der Waals surface area contributed by atoms with Crippen molar-refractivity contribution in [1.82, 2.24) is 24.8 Å². The lowest BCUT2D eigenvalue weighted by atomic mass is 10.00. The van der Waals surface area contributed by atoms with Gasteiger partial charge in [0.15, 0.2) is 0 Å². The first-order valence-electron chi connectivity index (χ1n) is 11.1. The third-order valence-electron chi connectivity index (χ3n) is 5.77. The summed E-state index contributed by atoms with van der Waals surface area (Å²) in [5.74, 6) is 1.65. The second kappa shape index (κ2) is 9.66. The van der Waals surface area contributed by atoms with Gasteiger partial charge in [-0.1, -0.05) is 30.7 Å². The van der Waals surface area contributed by atoms with Crippen molar-refractivity contribution in [2.45, 2.75) is 31.8 Å². The maximum absolute atomic E-state index is 5.01. The molecule has 1 aliphatic rings. The number of hydrogen-bond donors (Lipinski definition) is 1. The van der Waals surface area contributed by atoms with E-state index >= 15 is 0 Å². The number of piperidine rings is 1. The van der Waals surface area contributed by atoms with Crippen molar-refractivity contribution >= 4 is 11.5 Å². The van der Waals surface area contributed by atoms with Gasteiger partial charge in [-0.2, -0.15) is 0 Å². The zero-order valence-corrected chi connectivity index (χ0v) is 17.9. The summed E-state index contributed by atoms with van der Waals surface area (Å²) in [6.45, 7) is 1.88. The van der Waals surface area contributed by atoms with E-state index in [1.54, 1.807) is 6.20 Å². The number of nitrogens with one attached hydrogen (secondary N) is 1. The van der Waals surface area contributed by atoms with E-state index in [1.807, 2.05) is 73.2 Å². The Hall–Kier alpha value is -3.64. The fourth-order valence-corrected chi connectivity index (χ4v) is 4.21. The first kappa shape index (κ1) is 20.3. The second-order valence-corrected chi connectivity index (χ2v) is 8.07. The third kappa shape index (κ3) is 4.81. The molecule has 1 unspecified atom stereocenters. The summed E-state index contributed by atoms with van der Waals surface area (Å²) in [7, 11) is 0. The molecule has 6 nitrogen and oxygen atoms in total. The van der Waals surface area contributed by atoms with Gasteiger partial charge in [-0.25, -0.2) is 9.97 Å². The van der Waals surface area contributed by atoms with Crippen LogP contribution in [0.4, 0.5) is 11.5 Å². The van der Waals surface area contributed by atoms with Gasteiger partial charge in [0.1, 0.15) is 11.6 Å². The highest BCUT2D eigenvalue weighted by atomic mass is 15.2. The van der Waals surface area contributed by atoms with Crippen LogP contribution in [0.5, 0.6) is 0 Å². The Morgan fingerprint density at radius 3 is 2.50 bits per heavy atom. The van der Waals surface area contributed by atoms with Gasteiger partial charge in [0.05, 0.1) is 11.7 Å². The largest absolute Gasteiger partial charge is 0.340 e. The SMILES string of the molecule is c1ccc(Nc2cc(-c3cccnc3)nc(C3CCCCN3Cc3cccnc3)n2)cc1. The summed E-state index contributed by atoms with van der Waals surface area (Å²) in [6.07, 6.45) is 10.8. The van der Waals surface area contributed by atoms with Gasteiger partial charge in [-0.05, 0) is 55.3 Å². The summed E-state index contributed by atoms with van der Waals surface area (Å²) in [6, 6.07) is 20.4. The number of likely N-dealkylation sites (tertiary alicyclic amines) is 1. The predicted molar refractivity (Wildman–Crippen MR) is 126 cm³/mol. The first-order chi connectivity index (χ1) is 15.8. The molecule has 6 heteroatoms. The Morgan fingerprint density at radius 1 is 0.875 bits per heavy atom. The number of benzene rings is 1. The van der Waals surface area contributed by atoms with E-state index in [9.17, 15) is 0 Å². The summed E-state index contributed by atoms with van der Waals surface area (Å²) < 4.78 is 0. The molecule has 0 bridgehead atoms. The highest BCUT2D eigenvalue weighted by Gasteiger charge is 2.27. The number of hydrogen-bond acceptors (Lipinski definition) is 6. The van der Waals surface area contributed by atoms with Crippen LogP contribution in [0.25, 0.3) is 11.3 Å². The number of nitrogens with zero attached hydrogens (tertiary/aromatic N) is 5. The number of para-hydroxylation sites is 1. The third-order valence-corrected chi connectivity index (χ3v) is 5.77. The van der Waals surface area contributed by atoms with Crippen LogP contribution in [0.2, 0.25) is 0 Å². The zero-order chi connectivity index (χ0) is 21.6. The molecular weight excluding hydrogens is 396 g/mol. The summed E-state index contributed by atoms with van der Waals surface area (Å²) in [5, 5.41) is 3.46. The topological polar surface area (TPSA) is 66.8 Å². The molecule has 4 aromatic rings. The van der Waals surface area contributed by atoms with Gasteiger partial charge in [-0.3, -0.25) is 14.9 Å². The minimum atomic E-state index is 0.164. The van der Waals surface area contributed by atoms with E-state index in [-0.39, 0.29) is 6.04 Å². The molecular formula is C26H26N6. The minimum Gasteiger partial charge on any atom is -0.340 e. The van der Waals surface area contributed by atoms with Crippen molar-refractivity contribution in [2.75, 3.05) is 11.9 Å². The molecule has 1 saturated heterocycles. The molecule has 32 heavy (non-hydrogen) atoms. The van der Waals surface area contributed by atoms with E-state index < -0.39 is 0 Å². The Bertz CT molecular complexity index is 1130. The average Bonchev–Trinajstić information content (AvgIpc) is 2.86. The summed E-state index contributed by atoms with van der Waals surface area (Å²) >= 11 is 0. The van der Waals surface area contributed by atoms with Crippen molar-refractivity contribution in [2.24, 2.45) is 0 Å². The van der Waals surface area contributed by atoms with Crippen LogP contribution in [0.3, 0.4) is 0 Å². The van der Waals surface area contributed by atoms with Gasteiger partial charge in [0.2, 0.25) is 0 Å². The van der Waals surface area contributed by atoms with Crippen LogP contribution in [0.1, 0.15) is 36.7 Å². The molecule has 4 heterocycles. The molecule has 3 aromatic heterocycles. The van der Waals surface area contributed by atoms with Crippen molar-refractivity contribution in [3.05, 3.63) is 96.8 Å². The van der Waals surface area contributed by atoms with Crippen molar-refractivity contribution in [1.29, 1.82) is 0 Å². The molecule has 0 radical (unpaired) electrons. The zero-order valence-electron chi connectivity index (χ0n) is 17.9. The lowest BCUT2D eigenvalue weighted by Gasteiger charge is -2.35. The molecule has 1 aliphatic heterocycles. The van der Waals surface area contributed by atoms with Crippen LogP contribution < -0.4 is 5.32 Å². The normalized spacial score (nSPS) is 16.6. The highest BCUT2D eigenvalue weighted by Crippen LogP contribution is 2.32. The minimum absolute atomic E-state index is 0.164. The maximum atomic E-state index is 5.01. The van der Waals surface area contributed by atoms with E-state index in [1.165, 1.54) is 18.4 Å². The van der Waals surface area contributed by atoms with E-state index in [0.717, 1.165) is 48.1 Å². The predicted octanol–water partition coefficient (Wildman–Crippen LogP) is 5.40. The Morgan fingerprint density at radius 2 is 1.72 bits per heavy atom. The number of aromatic nitrogens is 4. The molecule has 1 fully saturated rings. The Kier molecular flexibility index (Phi) is 6.12. The average molecular weight is 423 g/mol. The lowest BCUT2D eigenvalue weighted by Crippen LogP contribution is -2.34. The van der Waals surface area contributed by atoms with Gasteiger partial charge in [0, 0.05) is 48.6 Å². The Balaban J connectivity index is 1.51. The molecule has 1 N–H and O–H groups in total.